The quantitative estimate of drug-likeness (QED) is 0.607. The van der Waals surface area contributed by atoms with Crippen molar-refractivity contribution in [1.29, 1.82) is 0 Å². The Kier molecular flexibility index (Phi) is 9.73. The summed E-state index contributed by atoms with van der Waals surface area (Å²) in [4.78, 5) is 26.1. The first-order valence-corrected chi connectivity index (χ1v) is 9.48. The molecule has 26 heavy (non-hydrogen) atoms. The lowest BCUT2D eigenvalue weighted by Gasteiger charge is -2.19. The second kappa shape index (κ2) is 11.5. The molecule has 0 aliphatic carbocycles. The first-order valence-electron chi connectivity index (χ1n) is 9.48. The number of carbonyl (C=O) groups excluding carboxylic acids is 2. The molecule has 6 nitrogen and oxygen atoms in total. The molecule has 2 amide bonds. The predicted molar refractivity (Wildman–Crippen MR) is 107 cm³/mol. The number of ether oxygens (including phenoxy) is 1. The number of carbonyl (C=O) groups is 2. The topological polar surface area (TPSA) is 70.7 Å². The van der Waals surface area contributed by atoms with Gasteiger partial charge in [-0.3, -0.25) is 15.0 Å². The van der Waals surface area contributed by atoms with Gasteiger partial charge in [-0.25, -0.2) is 4.79 Å². The zero-order chi connectivity index (χ0) is 19.5. The van der Waals surface area contributed by atoms with Crippen LogP contribution in [-0.2, 0) is 9.53 Å². The standard InChI is InChI=1S/C20H33N3O3/c1-6-9-10-11-26-20(25)21-17-12-15(4)19(16(5)13-17)22-18(24)14-23(7-2)8-3/h12-13H,6-11,14H2,1-5H3,(H,21,25)(H,22,24). The molecule has 0 radical (unpaired) electrons. The maximum Gasteiger partial charge on any atom is 0.411 e. The summed E-state index contributed by atoms with van der Waals surface area (Å²) in [5, 5.41) is 5.73. The summed E-state index contributed by atoms with van der Waals surface area (Å²) in [6, 6.07) is 3.68. The van der Waals surface area contributed by atoms with E-state index in [1.807, 2.05) is 39.8 Å². The molecule has 0 heterocycles. The summed E-state index contributed by atoms with van der Waals surface area (Å²) in [6.45, 7) is 12.5. The number of hydrogen-bond donors (Lipinski definition) is 2. The maximum absolute atomic E-state index is 12.2. The number of benzene rings is 1. The van der Waals surface area contributed by atoms with Crippen molar-refractivity contribution in [3.63, 3.8) is 0 Å². The van der Waals surface area contributed by atoms with Gasteiger partial charge in [-0.05, 0) is 56.6 Å². The molecular weight excluding hydrogens is 330 g/mol. The minimum atomic E-state index is -0.446. The normalized spacial score (nSPS) is 10.7. The van der Waals surface area contributed by atoms with Crippen molar-refractivity contribution in [2.75, 3.05) is 36.9 Å². The van der Waals surface area contributed by atoms with Crippen LogP contribution in [0, 0.1) is 13.8 Å². The van der Waals surface area contributed by atoms with Gasteiger partial charge in [0.1, 0.15) is 0 Å². The van der Waals surface area contributed by atoms with Gasteiger partial charge < -0.3 is 10.1 Å². The second-order valence-corrected chi connectivity index (χ2v) is 6.46. The van der Waals surface area contributed by atoms with Crippen molar-refractivity contribution in [1.82, 2.24) is 4.90 Å². The van der Waals surface area contributed by atoms with E-state index >= 15 is 0 Å². The van der Waals surface area contributed by atoms with Gasteiger partial charge in [-0.2, -0.15) is 0 Å². The highest BCUT2D eigenvalue weighted by Gasteiger charge is 2.12. The molecular formula is C20H33N3O3. The smallest absolute Gasteiger partial charge is 0.411 e. The van der Waals surface area contributed by atoms with Crippen molar-refractivity contribution in [2.45, 2.75) is 53.9 Å². The Morgan fingerprint density at radius 1 is 1.00 bits per heavy atom. The predicted octanol–water partition coefficient (Wildman–Crippen LogP) is 4.32. The Labute approximate surface area is 157 Å². The lowest BCUT2D eigenvalue weighted by molar-refractivity contribution is -0.117. The molecule has 0 unspecified atom stereocenters. The average molecular weight is 364 g/mol. The van der Waals surface area contributed by atoms with E-state index in [4.69, 9.17) is 4.74 Å². The molecule has 0 saturated heterocycles. The van der Waals surface area contributed by atoms with E-state index in [-0.39, 0.29) is 5.91 Å². The zero-order valence-electron chi connectivity index (χ0n) is 16.8. The largest absolute Gasteiger partial charge is 0.449 e. The van der Waals surface area contributed by atoms with Gasteiger partial charge in [0.05, 0.1) is 13.2 Å². The third kappa shape index (κ3) is 7.44. The Hall–Kier alpha value is -2.08. The summed E-state index contributed by atoms with van der Waals surface area (Å²) < 4.78 is 5.17. The Balaban J connectivity index is 2.67. The number of aryl methyl sites for hydroxylation is 2. The third-order valence-electron chi connectivity index (χ3n) is 4.29. The first kappa shape index (κ1) is 22.0. The van der Waals surface area contributed by atoms with Gasteiger partial charge in [-0.15, -0.1) is 0 Å². The minimum absolute atomic E-state index is 0.0315. The van der Waals surface area contributed by atoms with Crippen molar-refractivity contribution >= 4 is 23.4 Å². The Morgan fingerprint density at radius 3 is 2.15 bits per heavy atom. The van der Waals surface area contributed by atoms with Crippen LogP contribution in [0.15, 0.2) is 12.1 Å². The van der Waals surface area contributed by atoms with E-state index < -0.39 is 6.09 Å². The first-order chi connectivity index (χ1) is 12.4. The molecule has 1 rings (SSSR count). The lowest BCUT2D eigenvalue weighted by Crippen LogP contribution is -2.33. The Morgan fingerprint density at radius 2 is 1.62 bits per heavy atom. The number of hydrogen-bond acceptors (Lipinski definition) is 4. The van der Waals surface area contributed by atoms with Crippen LogP contribution in [0.1, 0.15) is 51.2 Å². The van der Waals surface area contributed by atoms with E-state index in [0.29, 0.717) is 18.8 Å². The van der Waals surface area contributed by atoms with Gasteiger partial charge in [0.25, 0.3) is 0 Å². The SMILES string of the molecule is CCCCCOC(=O)Nc1cc(C)c(NC(=O)CN(CC)CC)c(C)c1. The number of amides is 2. The van der Waals surface area contributed by atoms with Gasteiger partial charge in [-0.1, -0.05) is 33.6 Å². The summed E-state index contributed by atoms with van der Waals surface area (Å²) >= 11 is 0. The molecule has 1 aromatic rings. The molecule has 146 valence electrons. The zero-order valence-corrected chi connectivity index (χ0v) is 16.8. The molecule has 0 saturated carbocycles. The highest BCUT2D eigenvalue weighted by Crippen LogP contribution is 2.25. The van der Waals surface area contributed by atoms with E-state index in [9.17, 15) is 9.59 Å². The van der Waals surface area contributed by atoms with Crippen LogP contribution in [0.3, 0.4) is 0 Å². The van der Waals surface area contributed by atoms with Crippen LogP contribution in [0.5, 0.6) is 0 Å². The molecule has 6 heteroatoms. The molecule has 0 aromatic heterocycles. The van der Waals surface area contributed by atoms with Gasteiger partial charge in [0, 0.05) is 11.4 Å². The van der Waals surface area contributed by atoms with Crippen LogP contribution in [-0.4, -0.2) is 43.1 Å². The highest BCUT2D eigenvalue weighted by molar-refractivity contribution is 5.94. The molecule has 2 N–H and O–H groups in total. The molecule has 0 fully saturated rings. The highest BCUT2D eigenvalue weighted by atomic mass is 16.5. The number of nitrogens with one attached hydrogen (secondary N) is 2. The number of nitrogens with zero attached hydrogens (tertiary/aromatic N) is 1. The van der Waals surface area contributed by atoms with E-state index in [0.717, 1.165) is 49.2 Å². The fourth-order valence-corrected chi connectivity index (χ4v) is 2.73. The molecule has 1 aromatic carbocycles. The molecule has 0 atom stereocenters. The van der Waals surface area contributed by atoms with Crippen molar-refractivity contribution in [2.24, 2.45) is 0 Å². The lowest BCUT2D eigenvalue weighted by atomic mass is 10.1. The fraction of sp³-hybridized carbons (Fsp3) is 0.600. The number of anilines is 2. The number of likely N-dealkylation sites (N-methyl/N-ethyl adjacent to an activating group) is 1. The summed E-state index contributed by atoms with van der Waals surface area (Å²) in [5.74, 6) is -0.0315. The van der Waals surface area contributed by atoms with Crippen molar-refractivity contribution in [3.05, 3.63) is 23.3 Å². The van der Waals surface area contributed by atoms with Crippen LogP contribution in [0.25, 0.3) is 0 Å². The average Bonchev–Trinajstić information content (AvgIpc) is 2.59. The van der Waals surface area contributed by atoms with Crippen LogP contribution < -0.4 is 10.6 Å². The summed E-state index contributed by atoms with van der Waals surface area (Å²) in [6.07, 6.45) is 2.57. The van der Waals surface area contributed by atoms with Crippen molar-refractivity contribution in [3.8, 4) is 0 Å². The molecule has 0 aliphatic heterocycles. The fourth-order valence-electron chi connectivity index (χ4n) is 2.73. The monoisotopic (exact) mass is 363 g/mol. The van der Waals surface area contributed by atoms with Crippen LogP contribution in [0.2, 0.25) is 0 Å². The second-order valence-electron chi connectivity index (χ2n) is 6.46. The van der Waals surface area contributed by atoms with Gasteiger partial charge >= 0.3 is 6.09 Å². The number of unbranched alkanes of at least 4 members (excludes halogenated alkanes) is 2. The molecule has 0 spiro atoms. The van der Waals surface area contributed by atoms with Gasteiger partial charge in [0.15, 0.2) is 0 Å². The minimum Gasteiger partial charge on any atom is -0.449 e. The third-order valence-corrected chi connectivity index (χ3v) is 4.29. The van der Waals surface area contributed by atoms with E-state index in [1.165, 1.54) is 0 Å². The molecule has 0 aliphatic rings. The van der Waals surface area contributed by atoms with Crippen molar-refractivity contribution < 1.29 is 14.3 Å². The Bertz CT molecular complexity index is 575. The van der Waals surface area contributed by atoms with E-state index in [1.54, 1.807) is 0 Å². The molecule has 0 bridgehead atoms. The maximum atomic E-state index is 12.2. The van der Waals surface area contributed by atoms with Crippen LogP contribution >= 0.6 is 0 Å². The number of rotatable bonds is 10. The van der Waals surface area contributed by atoms with Crippen LogP contribution in [0.4, 0.5) is 16.2 Å². The van der Waals surface area contributed by atoms with E-state index in [2.05, 4.69) is 22.5 Å². The van der Waals surface area contributed by atoms with Gasteiger partial charge in [0.2, 0.25) is 5.91 Å². The summed E-state index contributed by atoms with van der Waals surface area (Å²) in [5.41, 5.74) is 3.27. The summed E-state index contributed by atoms with van der Waals surface area (Å²) in [7, 11) is 0.